The van der Waals surface area contributed by atoms with E-state index >= 15 is 0 Å². The molecule has 2 heterocycles. The summed E-state index contributed by atoms with van der Waals surface area (Å²) in [4.78, 5) is 30.4. The second-order valence-electron chi connectivity index (χ2n) is 10.9. The molecule has 2 aliphatic rings. The maximum Gasteiger partial charge on any atom is 0.416 e. The molecule has 0 unspecified atom stereocenters. The lowest BCUT2D eigenvalue weighted by atomic mass is 9.83. The predicted octanol–water partition coefficient (Wildman–Crippen LogP) is 6.53. The largest absolute Gasteiger partial charge is 0.416 e. The minimum atomic E-state index is -5.08. The smallest absolute Gasteiger partial charge is 0.343 e. The average molecular weight is 624 g/mol. The zero-order valence-corrected chi connectivity index (χ0v) is 24.2. The fourth-order valence-corrected chi connectivity index (χ4v) is 5.91. The van der Waals surface area contributed by atoms with Crippen LogP contribution in [0.25, 0.3) is 0 Å². The Kier molecular flexibility index (Phi) is 10.2. The Balaban J connectivity index is 0.00000484. The Bertz CT molecular complexity index is 1260. The van der Waals surface area contributed by atoms with Crippen LogP contribution in [-0.4, -0.2) is 71.8 Å². The van der Waals surface area contributed by atoms with E-state index in [9.17, 15) is 40.3 Å². The van der Waals surface area contributed by atoms with Crippen LogP contribution in [0.3, 0.4) is 0 Å². The number of halogens is 8. The number of carbonyl (C=O) groups is 2. The number of nitrogens with zero attached hydrogens (tertiary/aromatic N) is 3. The SMILES string of the molecule is CC(=O)N1CCC(N2CC[C@@H](N(C)C(=O)c3cc(C(F)(F)F)cc(C(F)(F)F)c3)[C@H](c3ccc(C)c(F)c3)C2)CC1.Cl. The van der Waals surface area contributed by atoms with Crippen LogP contribution in [0.1, 0.15) is 64.7 Å². The summed E-state index contributed by atoms with van der Waals surface area (Å²) in [5.41, 5.74) is -2.84. The molecule has 42 heavy (non-hydrogen) atoms. The summed E-state index contributed by atoms with van der Waals surface area (Å²) in [6.07, 6.45) is -8.32. The first kappa shape index (κ1) is 33.6. The second-order valence-corrected chi connectivity index (χ2v) is 10.9. The fraction of sp³-hybridized carbons (Fsp3) is 0.517. The minimum Gasteiger partial charge on any atom is -0.343 e. The van der Waals surface area contributed by atoms with Crippen molar-refractivity contribution in [3.05, 3.63) is 70.0 Å². The molecule has 0 radical (unpaired) electrons. The van der Waals surface area contributed by atoms with Gasteiger partial charge in [-0.1, -0.05) is 12.1 Å². The molecule has 5 nitrogen and oxygen atoms in total. The molecule has 2 aromatic rings. The molecule has 2 fully saturated rings. The molecule has 2 aromatic carbocycles. The number of likely N-dealkylation sites (N-methyl/N-ethyl adjacent to an activating group) is 1. The first-order valence-corrected chi connectivity index (χ1v) is 13.4. The van der Waals surface area contributed by atoms with Gasteiger partial charge in [0.25, 0.3) is 5.91 Å². The molecule has 2 atom stereocenters. The number of amides is 2. The molecule has 0 aromatic heterocycles. The van der Waals surface area contributed by atoms with Crippen molar-refractivity contribution in [2.75, 3.05) is 33.2 Å². The lowest BCUT2D eigenvalue weighted by Gasteiger charge is -2.47. The number of aryl methyl sites for hydroxylation is 1. The molecule has 232 valence electrons. The highest BCUT2D eigenvalue weighted by molar-refractivity contribution is 5.95. The van der Waals surface area contributed by atoms with Crippen LogP contribution in [0.5, 0.6) is 0 Å². The second kappa shape index (κ2) is 12.8. The van der Waals surface area contributed by atoms with Crippen LogP contribution in [0.2, 0.25) is 0 Å². The molecule has 0 N–H and O–H groups in total. The lowest BCUT2D eigenvalue weighted by Crippen LogP contribution is -2.55. The van der Waals surface area contributed by atoms with Crippen LogP contribution in [0.15, 0.2) is 36.4 Å². The monoisotopic (exact) mass is 623 g/mol. The molecule has 0 spiro atoms. The van der Waals surface area contributed by atoms with Crippen LogP contribution in [0.4, 0.5) is 30.7 Å². The van der Waals surface area contributed by atoms with Gasteiger partial charge < -0.3 is 9.80 Å². The highest BCUT2D eigenvalue weighted by Crippen LogP contribution is 2.38. The minimum absolute atomic E-state index is 0. The van der Waals surface area contributed by atoms with E-state index in [1.165, 1.54) is 24.9 Å². The first-order valence-electron chi connectivity index (χ1n) is 13.4. The van der Waals surface area contributed by atoms with E-state index in [1.54, 1.807) is 24.0 Å². The van der Waals surface area contributed by atoms with Gasteiger partial charge in [-0.05, 0) is 61.6 Å². The van der Waals surface area contributed by atoms with Gasteiger partial charge in [0.15, 0.2) is 0 Å². The van der Waals surface area contributed by atoms with Gasteiger partial charge in [-0.25, -0.2) is 4.39 Å². The third-order valence-corrected chi connectivity index (χ3v) is 8.31. The third kappa shape index (κ3) is 7.37. The van der Waals surface area contributed by atoms with E-state index in [-0.39, 0.29) is 30.4 Å². The van der Waals surface area contributed by atoms with Gasteiger partial charge >= 0.3 is 12.4 Å². The van der Waals surface area contributed by atoms with Gasteiger partial charge in [0, 0.05) is 63.7 Å². The predicted molar refractivity (Wildman–Crippen MR) is 145 cm³/mol. The Morgan fingerprint density at radius 1 is 0.881 bits per heavy atom. The van der Waals surface area contributed by atoms with Crippen molar-refractivity contribution in [1.82, 2.24) is 14.7 Å². The van der Waals surface area contributed by atoms with Gasteiger partial charge in [-0.15, -0.1) is 12.4 Å². The van der Waals surface area contributed by atoms with E-state index in [0.29, 0.717) is 55.9 Å². The Hall–Kier alpha value is -2.86. The van der Waals surface area contributed by atoms with Crippen molar-refractivity contribution in [3.63, 3.8) is 0 Å². The first-order chi connectivity index (χ1) is 19.1. The topological polar surface area (TPSA) is 43.9 Å². The molecular formula is C29H33ClF7N3O2. The molecule has 2 saturated heterocycles. The zero-order chi connectivity index (χ0) is 30.3. The number of piperidine rings is 2. The number of benzene rings is 2. The van der Waals surface area contributed by atoms with Crippen molar-refractivity contribution in [1.29, 1.82) is 0 Å². The highest BCUT2D eigenvalue weighted by Gasteiger charge is 2.41. The molecule has 0 saturated carbocycles. The summed E-state index contributed by atoms with van der Waals surface area (Å²) in [5, 5.41) is 0. The van der Waals surface area contributed by atoms with Crippen molar-refractivity contribution in [3.8, 4) is 0 Å². The summed E-state index contributed by atoms with van der Waals surface area (Å²) in [5.74, 6) is -1.88. The van der Waals surface area contributed by atoms with E-state index in [0.717, 1.165) is 12.8 Å². The third-order valence-electron chi connectivity index (χ3n) is 8.31. The van der Waals surface area contributed by atoms with Crippen LogP contribution in [0, 0.1) is 12.7 Å². The summed E-state index contributed by atoms with van der Waals surface area (Å²) in [6.45, 7) is 5.25. The van der Waals surface area contributed by atoms with E-state index in [2.05, 4.69) is 4.90 Å². The van der Waals surface area contributed by atoms with Gasteiger partial charge in [0.1, 0.15) is 5.82 Å². The standard InChI is InChI=1S/C29H32F7N3O2.ClH/c1-17-4-5-19(14-25(17)30)24-16-39(23-6-9-38(10-7-23)18(2)40)11-8-26(24)37(3)27(41)20-12-21(28(31,32)33)15-22(13-20)29(34,35)36;/h4-5,12-15,23-24,26H,6-11,16H2,1-3H3;1H/t24-,26+;/m0./s1. The summed E-state index contributed by atoms with van der Waals surface area (Å²) in [6, 6.07) is 5.12. The maximum absolute atomic E-state index is 14.6. The van der Waals surface area contributed by atoms with Gasteiger partial charge in [-0.2, -0.15) is 26.3 Å². The van der Waals surface area contributed by atoms with Crippen LogP contribution >= 0.6 is 12.4 Å². The van der Waals surface area contributed by atoms with Gasteiger partial charge in [-0.3, -0.25) is 14.5 Å². The molecule has 2 aliphatic heterocycles. The van der Waals surface area contributed by atoms with Crippen molar-refractivity contribution < 1.29 is 40.3 Å². The summed E-state index contributed by atoms with van der Waals surface area (Å²) < 4.78 is 95.3. The number of alkyl halides is 6. The number of likely N-dealkylation sites (tertiary alicyclic amines) is 2. The average Bonchev–Trinajstić information content (AvgIpc) is 2.92. The molecule has 4 rings (SSSR count). The number of carbonyl (C=O) groups excluding carboxylic acids is 2. The van der Waals surface area contributed by atoms with E-state index < -0.39 is 52.7 Å². The van der Waals surface area contributed by atoms with Gasteiger partial charge in [0.2, 0.25) is 5.91 Å². The fourth-order valence-electron chi connectivity index (χ4n) is 5.91. The summed E-state index contributed by atoms with van der Waals surface area (Å²) in [7, 11) is 1.36. The lowest BCUT2D eigenvalue weighted by molar-refractivity contribution is -0.143. The molecule has 2 amide bonds. The van der Waals surface area contributed by atoms with Gasteiger partial charge in [0.05, 0.1) is 11.1 Å². The van der Waals surface area contributed by atoms with E-state index in [4.69, 9.17) is 0 Å². The Labute approximate surface area is 246 Å². The number of rotatable bonds is 4. The molecular weight excluding hydrogens is 591 g/mol. The molecule has 13 heteroatoms. The quantitative estimate of drug-likeness (QED) is 0.364. The Morgan fingerprint density at radius 2 is 1.45 bits per heavy atom. The van der Waals surface area contributed by atoms with Crippen molar-refractivity contribution in [2.45, 2.75) is 63.5 Å². The highest BCUT2D eigenvalue weighted by atomic mass is 35.5. The number of hydrogen-bond acceptors (Lipinski definition) is 3. The Morgan fingerprint density at radius 3 is 1.95 bits per heavy atom. The normalized spacial score (nSPS) is 20.7. The van der Waals surface area contributed by atoms with E-state index in [1.807, 2.05) is 0 Å². The zero-order valence-electron chi connectivity index (χ0n) is 23.4. The maximum atomic E-state index is 14.6. The van der Waals surface area contributed by atoms with Crippen LogP contribution < -0.4 is 0 Å². The van der Waals surface area contributed by atoms with Crippen molar-refractivity contribution in [2.24, 2.45) is 0 Å². The van der Waals surface area contributed by atoms with Crippen LogP contribution in [-0.2, 0) is 17.1 Å². The number of hydrogen-bond donors (Lipinski definition) is 0. The molecule has 0 bridgehead atoms. The van der Waals surface area contributed by atoms with Crippen molar-refractivity contribution >= 4 is 24.2 Å². The molecule has 0 aliphatic carbocycles. The summed E-state index contributed by atoms with van der Waals surface area (Å²) >= 11 is 0.